The Labute approximate surface area is 210 Å². The molecule has 5 aromatic rings. The number of rotatable bonds is 5. The normalized spacial score (nSPS) is 11.9. The highest BCUT2D eigenvalue weighted by Crippen LogP contribution is 2.37. The summed E-state index contributed by atoms with van der Waals surface area (Å²) in [4.78, 5) is 36.1. The van der Waals surface area contributed by atoms with Gasteiger partial charge in [-0.25, -0.2) is 0 Å². The Hall–Kier alpha value is -4.85. The van der Waals surface area contributed by atoms with E-state index in [-0.39, 0.29) is 0 Å². The number of benzene rings is 2. The first-order valence-electron chi connectivity index (χ1n) is 12.0. The molecular formula is C29H22N4O4. The fourth-order valence-corrected chi connectivity index (χ4v) is 5.66. The molecule has 0 radical (unpaired) electrons. The number of aromatic nitrogens is 4. The number of fused-ring (bicyclic) bond motifs is 6. The Morgan fingerprint density at radius 1 is 0.892 bits per heavy atom. The van der Waals surface area contributed by atoms with Crippen LogP contribution in [0.1, 0.15) is 5.69 Å². The maximum atomic E-state index is 12.9. The van der Waals surface area contributed by atoms with Crippen LogP contribution in [0.3, 0.4) is 0 Å². The highest BCUT2D eigenvalue weighted by Gasteiger charge is 2.23. The third-order valence-electron chi connectivity index (χ3n) is 7.25. The number of nitrogens with zero attached hydrogens (tertiary/aromatic N) is 4. The van der Waals surface area contributed by atoms with Crippen molar-refractivity contribution in [3.63, 3.8) is 0 Å². The molecule has 8 heteroatoms. The molecule has 182 valence electrons. The summed E-state index contributed by atoms with van der Waals surface area (Å²) in [6.07, 6.45) is 4.29. The largest absolute Gasteiger partial charge is 0.494 e. The van der Waals surface area contributed by atoms with Crippen molar-refractivity contribution < 1.29 is 9.57 Å². The molecule has 8 nitrogen and oxygen atoms in total. The zero-order valence-corrected chi connectivity index (χ0v) is 20.3. The van der Waals surface area contributed by atoms with Crippen molar-refractivity contribution in [2.24, 2.45) is 0 Å². The number of aryl methyl sites for hydroxylation is 2. The number of hydrogen-bond acceptors (Lipinski definition) is 5. The average molecular weight is 491 g/mol. The predicted octanol–water partition coefficient (Wildman–Crippen LogP) is 3.97. The number of hydrogen-bond donors (Lipinski definition) is 0. The summed E-state index contributed by atoms with van der Waals surface area (Å²) in [6, 6.07) is 19.1. The van der Waals surface area contributed by atoms with E-state index in [9.17, 15) is 9.59 Å². The fourth-order valence-electron chi connectivity index (χ4n) is 5.66. The van der Waals surface area contributed by atoms with E-state index in [1.807, 2.05) is 65.4 Å². The molecule has 0 saturated heterocycles. The molecule has 5 heterocycles. The van der Waals surface area contributed by atoms with Crippen LogP contribution in [-0.4, -0.2) is 32.9 Å². The van der Waals surface area contributed by atoms with E-state index in [0.717, 1.165) is 55.2 Å². The Bertz CT molecular complexity index is 2070. The number of pyridine rings is 3. The summed E-state index contributed by atoms with van der Waals surface area (Å²) >= 11 is 0. The van der Waals surface area contributed by atoms with Crippen molar-refractivity contribution in [3.8, 4) is 17.1 Å². The first kappa shape index (κ1) is 21.4. The molecule has 2 aliphatic rings. The zero-order chi connectivity index (χ0) is 25.3. The monoisotopic (exact) mass is 490 g/mol. The lowest BCUT2D eigenvalue weighted by molar-refractivity contribution is 0.189. The van der Waals surface area contributed by atoms with Crippen LogP contribution in [-0.2, 0) is 13.0 Å². The zero-order valence-electron chi connectivity index (χ0n) is 20.3. The van der Waals surface area contributed by atoms with E-state index in [0.29, 0.717) is 18.7 Å². The summed E-state index contributed by atoms with van der Waals surface area (Å²) in [6.45, 7) is 0.546. The lowest BCUT2D eigenvalue weighted by Gasteiger charge is -2.17. The van der Waals surface area contributed by atoms with Crippen LogP contribution in [0.4, 0.5) is 0 Å². The van der Waals surface area contributed by atoms with E-state index in [1.54, 1.807) is 29.5 Å². The number of para-hydroxylation sites is 2. The van der Waals surface area contributed by atoms with Gasteiger partial charge in [0.1, 0.15) is 18.4 Å². The Morgan fingerprint density at radius 3 is 2.43 bits per heavy atom. The van der Waals surface area contributed by atoms with Crippen molar-refractivity contribution in [1.29, 1.82) is 0 Å². The van der Waals surface area contributed by atoms with Crippen LogP contribution in [0.15, 0.2) is 82.6 Å². The van der Waals surface area contributed by atoms with Gasteiger partial charge in [0.2, 0.25) is 5.43 Å². The fraction of sp³-hybridized carbons (Fsp3) is 0.138. The summed E-state index contributed by atoms with van der Waals surface area (Å²) in [5.74, 6) is 0.678. The highest BCUT2D eigenvalue weighted by molar-refractivity contribution is 6.11. The van der Waals surface area contributed by atoms with E-state index >= 15 is 0 Å². The summed E-state index contributed by atoms with van der Waals surface area (Å²) in [5.41, 5.74) is 3.78. The van der Waals surface area contributed by atoms with Crippen molar-refractivity contribution in [2.45, 2.75) is 13.0 Å². The molecule has 0 aliphatic carbocycles. The predicted molar refractivity (Wildman–Crippen MR) is 143 cm³/mol. The second-order valence-corrected chi connectivity index (χ2v) is 9.06. The van der Waals surface area contributed by atoms with Crippen LogP contribution in [0.5, 0.6) is 5.75 Å². The molecule has 2 aromatic carbocycles. The third-order valence-corrected chi connectivity index (χ3v) is 7.25. The van der Waals surface area contributed by atoms with Crippen molar-refractivity contribution in [3.05, 3.63) is 99.3 Å². The molecule has 0 fully saturated rings. The van der Waals surface area contributed by atoms with Crippen molar-refractivity contribution in [2.75, 3.05) is 14.2 Å². The maximum absolute atomic E-state index is 12.9. The second-order valence-electron chi connectivity index (χ2n) is 9.06. The molecule has 0 saturated carbocycles. The first-order valence-corrected chi connectivity index (χ1v) is 12.0. The SMILES string of the molecule is COc1cnc(CCn2ccc3c4n(c(=O)c(=O)cc2-4)c2ccccc32)c2c1c1ccccc1n2OC. The first-order chi connectivity index (χ1) is 18.1. The molecule has 2 aliphatic heterocycles. The summed E-state index contributed by atoms with van der Waals surface area (Å²) in [5, 5.41) is 3.86. The van der Waals surface area contributed by atoms with Crippen LogP contribution in [0, 0.1) is 0 Å². The molecule has 0 amide bonds. The van der Waals surface area contributed by atoms with Crippen LogP contribution in [0.2, 0.25) is 0 Å². The maximum Gasteiger partial charge on any atom is 0.303 e. The Kier molecular flexibility index (Phi) is 4.53. The number of methoxy groups -OCH3 is 1. The van der Waals surface area contributed by atoms with Crippen LogP contribution < -0.4 is 20.6 Å². The van der Waals surface area contributed by atoms with Crippen LogP contribution in [0.25, 0.3) is 49.5 Å². The van der Waals surface area contributed by atoms with E-state index in [4.69, 9.17) is 14.6 Å². The molecular weight excluding hydrogens is 468 g/mol. The van der Waals surface area contributed by atoms with Gasteiger partial charge in [-0.1, -0.05) is 36.4 Å². The standard InChI is InChI=1S/C29H22N4O4/c1-36-25-16-30-20(28-26(25)19-8-4-6-10-22(19)33(28)37-2)12-14-31-13-11-18-17-7-3-5-9-21(17)32-27(18)23(31)15-24(34)29(32)35/h3-11,13,15-16H,12,14H2,1-2H3. The lowest BCUT2D eigenvalue weighted by atomic mass is 10.1. The Morgan fingerprint density at radius 2 is 1.65 bits per heavy atom. The third kappa shape index (κ3) is 2.86. The summed E-state index contributed by atoms with van der Waals surface area (Å²) < 4.78 is 11.0. The summed E-state index contributed by atoms with van der Waals surface area (Å²) in [7, 11) is 3.27. The minimum atomic E-state index is -0.528. The highest BCUT2D eigenvalue weighted by atomic mass is 16.6. The van der Waals surface area contributed by atoms with Gasteiger partial charge in [0, 0.05) is 41.4 Å². The van der Waals surface area contributed by atoms with Gasteiger partial charge < -0.3 is 14.1 Å². The van der Waals surface area contributed by atoms with Gasteiger partial charge in [0.15, 0.2) is 0 Å². The van der Waals surface area contributed by atoms with Crippen molar-refractivity contribution >= 4 is 38.1 Å². The van der Waals surface area contributed by atoms with Gasteiger partial charge >= 0.3 is 5.56 Å². The molecule has 7 rings (SSSR count). The Balaban J connectivity index is 1.41. The van der Waals surface area contributed by atoms with Gasteiger partial charge in [-0.3, -0.25) is 19.0 Å². The van der Waals surface area contributed by atoms with Gasteiger partial charge in [0.05, 0.1) is 46.8 Å². The molecule has 3 aromatic heterocycles. The smallest absolute Gasteiger partial charge is 0.303 e. The minimum Gasteiger partial charge on any atom is -0.494 e. The minimum absolute atomic E-state index is 0.528. The average Bonchev–Trinajstić information content (AvgIpc) is 3.45. The quantitative estimate of drug-likeness (QED) is 0.341. The molecule has 0 unspecified atom stereocenters. The van der Waals surface area contributed by atoms with Gasteiger partial charge in [-0.05, 0) is 18.2 Å². The van der Waals surface area contributed by atoms with Gasteiger partial charge in [0.25, 0.3) is 0 Å². The molecule has 0 spiro atoms. The molecule has 0 atom stereocenters. The second kappa shape index (κ2) is 7.83. The number of ether oxygens (including phenoxy) is 1. The van der Waals surface area contributed by atoms with E-state index < -0.39 is 11.0 Å². The lowest BCUT2D eigenvalue weighted by Crippen LogP contribution is -2.31. The molecule has 0 N–H and O–H groups in total. The van der Waals surface area contributed by atoms with Crippen molar-refractivity contribution in [1.82, 2.24) is 18.7 Å². The van der Waals surface area contributed by atoms with E-state index in [1.165, 1.54) is 6.07 Å². The van der Waals surface area contributed by atoms with Gasteiger partial charge in [-0.15, -0.1) is 0 Å². The van der Waals surface area contributed by atoms with E-state index in [2.05, 4.69) is 0 Å². The topological polar surface area (TPSA) is 79.8 Å². The molecule has 37 heavy (non-hydrogen) atoms. The molecule has 0 bridgehead atoms. The van der Waals surface area contributed by atoms with Gasteiger partial charge in [-0.2, -0.15) is 4.73 Å². The van der Waals surface area contributed by atoms with Crippen LogP contribution >= 0.6 is 0 Å².